The van der Waals surface area contributed by atoms with Gasteiger partial charge >= 0.3 is 0 Å². The maximum absolute atomic E-state index is 6.54. The summed E-state index contributed by atoms with van der Waals surface area (Å²) in [7, 11) is 0. The molecule has 4 aromatic carbocycles. The summed E-state index contributed by atoms with van der Waals surface area (Å²) in [5.74, 6) is 3.56. The van der Waals surface area contributed by atoms with Gasteiger partial charge in [-0.1, -0.05) is 77.4 Å². The summed E-state index contributed by atoms with van der Waals surface area (Å²) >= 11 is 0. The number of para-hydroxylation sites is 1. The molecule has 7 aromatic rings. The third-order valence-corrected chi connectivity index (χ3v) is 9.12. The van der Waals surface area contributed by atoms with Gasteiger partial charge in [0, 0.05) is 40.9 Å². The largest absolute Gasteiger partial charge is 0.457 e. The number of aromatic nitrogens is 4. The number of hydrogen-bond acceptors (Lipinski definition) is 3. The lowest BCUT2D eigenvalue weighted by Crippen LogP contribution is -2.05. The monoisotopic (exact) mass is 646 g/mol. The van der Waals surface area contributed by atoms with E-state index in [1.807, 2.05) is 35.3 Å². The molecule has 3 aromatic heterocycles. The highest BCUT2D eigenvalue weighted by Crippen LogP contribution is 2.36. The number of pyridine rings is 1. The van der Waals surface area contributed by atoms with Crippen molar-refractivity contribution in [3.63, 3.8) is 0 Å². The summed E-state index contributed by atoms with van der Waals surface area (Å²) in [5, 5.41) is 7.24. The van der Waals surface area contributed by atoms with Crippen molar-refractivity contribution in [2.75, 3.05) is 0 Å². The van der Waals surface area contributed by atoms with E-state index in [1.54, 1.807) is 0 Å². The third-order valence-electron chi connectivity index (χ3n) is 9.12. The second kappa shape index (κ2) is 13.8. The first-order valence-corrected chi connectivity index (χ1v) is 17.7. The van der Waals surface area contributed by atoms with E-state index < -0.39 is 0 Å². The molecule has 0 aliphatic carbocycles. The standard InChI is InChI=1S/C44H46N4O/c1-7-11-32-23-33(20-29(2)3)44(34(24-32)21-30(4)5)35-27-46-47(28-35)36-12-10-13-37(25-36)49-38-16-17-40-39-14-8-9-15-41(39)48(42(40)26-38)43-22-31(6)18-19-45-43/h8-10,12-19,22-30H,7,11,20-21H2,1-6H3. The van der Waals surface area contributed by atoms with Gasteiger partial charge in [0.05, 0.1) is 22.9 Å². The molecule has 0 spiro atoms. The average Bonchev–Trinajstić information content (AvgIpc) is 3.68. The minimum atomic E-state index is 0.569. The number of aryl methyl sites for hydroxylation is 2. The summed E-state index contributed by atoms with van der Waals surface area (Å²) in [4.78, 5) is 4.73. The smallest absolute Gasteiger partial charge is 0.137 e. The molecular weight excluding hydrogens is 601 g/mol. The third kappa shape index (κ3) is 6.76. The van der Waals surface area contributed by atoms with Crippen molar-refractivity contribution < 1.29 is 4.74 Å². The first-order valence-electron chi connectivity index (χ1n) is 17.7. The Morgan fingerprint density at radius 2 is 1.47 bits per heavy atom. The highest BCUT2D eigenvalue weighted by atomic mass is 16.5. The van der Waals surface area contributed by atoms with E-state index in [0.29, 0.717) is 11.8 Å². The summed E-state index contributed by atoms with van der Waals surface area (Å²) in [5.41, 5.74) is 11.1. The molecule has 5 heteroatoms. The number of nitrogens with zero attached hydrogens (tertiary/aromatic N) is 4. The molecule has 0 fully saturated rings. The molecule has 0 atom stereocenters. The Balaban J connectivity index is 1.24. The molecule has 0 aliphatic rings. The van der Waals surface area contributed by atoms with E-state index >= 15 is 0 Å². The van der Waals surface area contributed by atoms with Crippen LogP contribution in [0.1, 0.15) is 63.3 Å². The summed E-state index contributed by atoms with van der Waals surface area (Å²) in [6, 6.07) is 32.0. The fourth-order valence-corrected chi connectivity index (χ4v) is 7.17. The van der Waals surface area contributed by atoms with E-state index in [0.717, 1.165) is 59.7 Å². The SMILES string of the molecule is CCCc1cc(CC(C)C)c(-c2cnn(-c3cccc(Oc4ccc5c6ccccc6n(-c6cc(C)ccn6)c5c4)c3)c2)c(CC(C)C)c1. The average molecular weight is 647 g/mol. The minimum Gasteiger partial charge on any atom is -0.457 e. The van der Waals surface area contributed by atoms with Crippen LogP contribution >= 0.6 is 0 Å². The molecule has 0 N–H and O–H groups in total. The van der Waals surface area contributed by atoms with E-state index in [1.165, 1.54) is 44.2 Å². The highest BCUT2D eigenvalue weighted by molar-refractivity contribution is 6.09. The maximum atomic E-state index is 6.54. The second-order valence-corrected chi connectivity index (χ2v) is 14.2. The second-order valence-electron chi connectivity index (χ2n) is 14.2. The highest BCUT2D eigenvalue weighted by Gasteiger charge is 2.18. The van der Waals surface area contributed by atoms with Crippen molar-refractivity contribution in [3.8, 4) is 34.1 Å². The lowest BCUT2D eigenvalue weighted by Gasteiger charge is -2.19. The van der Waals surface area contributed by atoms with Crippen LogP contribution in [0.4, 0.5) is 0 Å². The van der Waals surface area contributed by atoms with Gasteiger partial charge in [0.2, 0.25) is 0 Å². The summed E-state index contributed by atoms with van der Waals surface area (Å²) in [6.07, 6.45) is 10.4. The number of hydrogen-bond donors (Lipinski definition) is 0. The molecule has 0 unspecified atom stereocenters. The quantitative estimate of drug-likeness (QED) is 0.140. The number of fused-ring (bicyclic) bond motifs is 3. The fraction of sp³-hybridized carbons (Fsp3) is 0.273. The molecule has 0 bridgehead atoms. The topological polar surface area (TPSA) is 44.9 Å². The Labute approximate surface area is 290 Å². The van der Waals surface area contributed by atoms with Gasteiger partial charge < -0.3 is 4.74 Å². The number of benzene rings is 4. The Morgan fingerprint density at radius 3 is 2.20 bits per heavy atom. The molecule has 0 saturated heterocycles. The normalized spacial score (nSPS) is 11.8. The Morgan fingerprint density at radius 1 is 0.735 bits per heavy atom. The van der Waals surface area contributed by atoms with Gasteiger partial charge in [-0.15, -0.1) is 0 Å². The van der Waals surface area contributed by atoms with Crippen LogP contribution in [0.2, 0.25) is 0 Å². The Kier molecular flexibility index (Phi) is 9.09. The van der Waals surface area contributed by atoms with E-state index in [2.05, 4.69) is 125 Å². The fourth-order valence-electron chi connectivity index (χ4n) is 7.17. The van der Waals surface area contributed by atoms with Gasteiger partial charge in [0.15, 0.2) is 0 Å². The van der Waals surface area contributed by atoms with Gasteiger partial charge in [-0.25, -0.2) is 9.67 Å². The first-order chi connectivity index (χ1) is 23.8. The molecule has 3 heterocycles. The number of rotatable bonds is 11. The molecule has 248 valence electrons. The van der Waals surface area contributed by atoms with Crippen molar-refractivity contribution in [2.24, 2.45) is 11.8 Å². The predicted octanol–water partition coefficient (Wildman–Crippen LogP) is 11.5. The molecular formula is C44H46N4O. The zero-order chi connectivity index (χ0) is 34.1. The van der Waals surface area contributed by atoms with Crippen LogP contribution in [-0.2, 0) is 19.3 Å². The van der Waals surface area contributed by atoms with Crippen molar-refractivity contribution in [2.45, 2.75) is 67.2 Å². The van der Waals surface area contributed by atoms with Gasteiger partial charge in [-0.05, 0) is 108 Å². The number of ether oxygens (including phenoxy) is 1. The lowest BCUT2D eigenvalue weighted by atomic mass is 9.85. The van der Waals surface area contributed by atoms with E-state index in [-0.39, 0.29) is 0 Å². The Hall–Kier alpha value is -5.16. The molecule has 0 aliphatic heterocycles. The molecule has 0 saturated carbocycles. The van der Waals surface area contributed by atoms with Crippen LogP contribution in [0.3, 0.4) is 0 Å². The first kappa shape index (κ1) is 32.4. The molecule has 5 nitrogen and oxygen atoms in total. The van der Waals surface area contributed by atoms with Crippen LogP contribution in [0.25, 0.3) is 44.4 Å². The zero-order valence-corrected chi connectivity index (χ0v) is 29.6. The zero-order valence-electron chi connectivity index (χ0n) is 29.6. The van der Waals surface area contributed by atoms with Gasteiger partial charge in [-0.2, -0.15) is 5.10 Å². The Bertz CT molecular complexity index is 2220. The van der Waals surface area contributed by atoms with Crippen molar-refractivity contribution in [1.82, 2.24) is 19.3 Å². The van der Waals surface area contributed by atoms with E-state index in [4.69, 9.17) is 14.8 Å². The molecule has 0 amide bonds. The minimum absolute atomic E-state index is 0.569. The molecule has 7 rings (SSSR count). The summed E-state index contributed by atoms with van der Waals surface area (Å²) < 4.78 is 10.7. The van der Waals surface area contributed by atoms with Crippen LogP contribution < -0.4 is 4.74 Å². The molecule has 0 radical (unpaired) electrons. The van der Waals surface area contributed by atoms with Gasteiger partial charge in [0.25, 0.3) is 0 Å². The van der Waals surface area contributed by atoms with Crippen LogP contribution in [0.15, 0.2) is 110 Å². The summed E-state index contributed by atoms with van der Waals surface area (Å²) in [6.45, 7) is 13.6. The molecule has 49 heavy (non-hydrogen) atoms. The van der Waals surface area contributed by atoms with Gasteiger partial charge in [-0.3, -0.25) is 4.57 Å². The van der Waals surface area contributed by atoms with Crippen LogP contribution in [-0.4, -0.2) is 19.3 Å². The van der Waals surface area contributed by atoms with Crippen LogP contribution in [0.5, 0.6) is 11.5 Å². The van der Waals surface area contributed by atoms with E-state index in [9.17, 15) is 0 Å². The van der Waals surface area contributed by atoms with Crippen LogP contribution in [0, 0.1) is 18.8 Å². The maximum Gasteiger partial charge on any atom is 0.137 e. The van der Waals surface area contributed by atoms with Gasteiger partial charge in [0.1, 0.15) is 17.3 Å². The van der Waals surface area contributed by atoms with Crippen molar-refractivity contribution in [1.29, 1.82) is 0 Å². The lowest BCUT2D eigenvalue weighted by molar-refractivity contribution is 0.483. The van der Waals surface area contributed by atoms with Crippen molar-refractivity contribution >= 4 is 21.8 Å². The van der Waals surface area contributed by atoms with Crippen molar-refractivity contribution in [3.05, 3.63) is 132 Å². The predicted molar refractivity (Wildman–Crippen MR) is 203 cm³/mol.